The molecular weight excluding hydrogens is 646 g/mol. The van der Waals surface area contributed by atoms with Gasteiger partial charge in [-0.05, 0) is 87.4 Å². The van der Waals surface area contributed by atoms with Crippen molar-refractivity contribution in [3.05, 3.63) is 113 Å². The zero-order valence-electron chi connectivity index (χ0n) is 29.1. The number of carbonyl (C=O) groups excluding carboxylic acids is 4. The van der Waals surface area contributed by atoms with Crippen molar-refractivity contribution < 1.29 is 29.6 Å². The van der Waals surface area contributed by atoms with E-state index in [9.17, 15) is 19.2 Å². The van der Waals surface area contributed by atoms with Crippen molar-refractivity contribution >= 4 is 23.6 Å². The molecule has 6 N–H and O–H groups in total. The third kappa shape index (κ3) is 9.24. The fraction of sp³-hybridized carbons (Fsp3) is 0.325. The minimum Gasteiger partial charge on any atom is -0.349 e. The van der Waals surface area contributed by atoms with Crippen LogP contribution in [0.25, 0.3) is 22.4 Å². The number of nitrogens with one attached hydrogen (secondary N) is 4. The number of rotatable bonds is 8. The second-order valence-electron chi connectivity index (χ2n) is 13.4. The molecular formula is C40H45N5O6. The molecule has 0 aliphatic heterocycles. The van der Waals surface area contributed by atoms with Crippen molar-refractivity contribution in [1.82, 2.24) is 26.6 Å². The zero-order chi connectivity index (χ0) is 36.5. The fourth-order valence-electron chi connectivity index (χ4n) is 7.07. The first-order valence-corrected chi connectivity index (χ1v) is 17.3. The van der Waals surface area contributed by atoms with Crippen LogP contribution in [0.1, 0.15) is 75.9 Å². The standard InChI is InChI=1S/C21H24N2O3.C19H21N3O3/c1-13-10-14(2)12-17(11-13)15-6-8-16(9-7-15)20(24)22-19-5-3-4-18(19)21(25)23-26;1-12-5-2-3-6-14(12)16-10-9-13(11-20-16)18(23)21-17-8-4-7-15(17)19(24)22-25/h6-12,18-19,26H,3-5H2,1-2H3,(H,22,24)(H,23,25);2-3,5-6,9-11,15,17,25H,4,7-8H2,1H3,(H,21,23)(H,22,24)/t18-,19+;15-,17+/m00/s1. The van der Waals surface area contributed by atoms with Crippen molar-refractivity contribution in [3.8, 4) is 22.4 Å². The number of amides is 4. The molecule has 0 radical (unpaired) electrons. The number of pyridine rings is 1. The van der Waals surface area contributed by atoms with Crippen molar-refractivity contribution in [1.29, 1.82) is 0 Å². The van der Waals surface area contributed by atoms with Crippen LogP contribution < -0.4 is 21.6 Å². The fourth-order valence-corrected chi connectivity index (χ4v) is 7.07. The first-order chi connectivity index (χ1) is 24.6. The molecule has 2 aliphatic carbocycles. The minimum atomic E-state index is -0.448. The molecule has 0 unspecified atom stereocenters. The molecule has 2 aliphatic rings. The number of hydrogen-bond donors (Lipinski definition) is 6. The average Bonchev–Trinajstić information content (AvgIpc) is 3.81. The van der Waals surface area contributed by atoms with Gasteiger partial charge in [0.05, 0.1) is 23.1 Å². The summed E-state index contributed by atoms with van der Waals surface area (Å²) in [5, 5.41) is 23.4. The normalized spacial score (nSPS) is 19.3. The van der Waals surface area contributed by atoms with E-state index in [1.807, 2.05) is 49.4 Å². The number of carbonyl (C=O) groups is 4. The van der Waals surface area contributed by atoms with Crippen LogP contribution in [0.3, 0.4) is 0 Å². The van der Waals surface area contributed by atoms with Gasteiger partial charge in [-0.25, -0.2) is 11.0 Å². The Hall–Kier alpha value is -5.39. The highest BCUT2D eigenvalue weighted by molar-refractivity contribution is 5.96. The summed E-state index contributed by atoms with van der Waals surface area (Å²) in [5.41, 5.74) is 12.0. The molecule has 0 saturated heterocycles. The highest BCUT2D eigenvalue weighted by Crippen LogP contribution is 2.28. The third-order valence-corrected chi connectivity index (χ3v) is 9.71. The lowest BCUT2D eigenvalue weighted by atomic mass is 9.99. The molecule has 4 amide bonds. The predicted molar refractivity (Wildman–Crippen MR) is 193 cm³/mol. The van der Waals surface area contributed by atoms with Gasteiger partial charge in [-0.3, -0.25) is 34.6 Å². The van der Waals surface area contributed by atoms with Crippen LogP contribution >= 0.6 is 0 Å². The maximum absolute atomic E-state index is 12.5. The summed E-state index contributed by atoms with van der Waals surface area (Å²) < 4.78 is 0. The Morgan fingerprint density at radius 1 is 0.627 bits per heavy atom. The molecule has 4 atom stereocenters. The van der Waals surface area contributed by atoms with Gasteiger partial charge in [0.25, 0.3) is 11.8 Å². The highest BCUT2D eigenvalue weighted by Gasteiger charge is 2.35. The summed E-state index contributed by atoms with van der Waals surface area (Å²) in [6.07, 6.45) is 6.03. The smallest absolute Gasteiger partial charge is 0.253 e. The van der Waals surface area contributed by atoms with Gasteiger partial charge in [0.15, 0.2) is 0 Å². The molecule has 3 aromatic carbocycles. The monoisotopic (exact) mass is 691 g/mol. The van der Waals surface area contributed by atoms with Gasteiger partial charge >= 0.3 is 0 Å². The number of hydroxylamine groups is 2. The molecule has 51 heavy (non-hydrogen) atoms. The Kier molecular flexibility index (Phi) is 12.3. The van der Waals surface area contributed by atoms with Crippen LogP contribution in [-0.2, 0) is 9.59 Å². The Bertz CT molecular complexity index is 1840. The topological polar surface area (TPSA) is 170 Å². The first-order valence-electron chi connectivity index (χ1n) is 17.3. The molecule has 11 nitrogen and oxygen atoms in total. The largest absolute Gasteiger partial charge is 0.349 e. The molecule has 1 aromatic heterocycles. The van der Waals surface area contributed by atoms with Gasteiger partial charge < -0.3 is 10.6 Å². The summed E-state index contributed by atoms with van der Waals surface area (Å²) in [7, 11) is 0. The summed E-state index contributed by atoms with van der Waals surface area (Å²) in [6, 6.07) is 24.9. The Morgan fingerprint density at radius 3 is 1.67 bits per heavy atom. The molecule has 2 fully saturated rings. The number of hydrogen-bond acceptors (Lipinski definition) is 7. The lowest BCUT2D eigenvalue weighted by molar-refractivity contribution is -0.134. The molecule has 2 saturated carbocycles. The molecule has 0 bridgehead atoms. The average molecular weight is 692 g/mol. The zero-order valence-corrected chi connectivity index (χ0v) is 29.1. The van der Waals surface area contributed by atoms with E-state index in [4.69, 9.17) is 10.4 Å². The lowest BCUT2D eigenvalue weighted by Gasteiger charge is -2.19. The van der Waals surface area contributed by atoms with Gasteiger partial charge in [0.1, 0.15) is 0 Å². The maximum atomic E-state index is 12.5. The second kappa shape index (κ2) is 17.0. The van der Waals surface area contributed by atoms with E-state index >= 15 is 0 Å². The summed E-state index contributed by atoms with van der Waals surface area (Å²) in [4.78, 5) is 52.7. The number of benzene rings is 3. The molecule has 4 aromatic rings. The van der Waals surface area contributed by atoms with Gasteiger partial charge in [-0.2, -0.15) is 0 Å². The third-order valence-electron chi connectivity index (χ3n) is 9.71. The van der Waals surface area contributed by atoms with E-state index in [1.54, 1.807) is 35.4 Å². The summed E-state index contributed by atoms with van der Waals surface area (Å²) in [6.45, 7) is 6.15. The van der Waals surface area contributed by atoms with Crippen molar-refractivity contribution in [2.45, 2.75) is 71.4 Å². The van der Waals surface area contributed by atoms with E-state index in [1.165, 1.54) is 11.1 Å². The Balaban J connectivity index is 0.000000198. The molecule has 0 spiro atoms. The van der Waals surface area contributed by atoms with E-state index in [0.717, 1.165) is 53.6 Å². The number of aryl methyl sites for hydroxylation is 3. The Labute approximate surface area is 297 Å². The quantitative estimate of drug-likeness (QED) is 0.0997. The molecule has 1 heterocycles. The van der Waals surface area contributed by atoms with Gasteiger partial charge in [0.2, 0.25) is 11.8 Å². The minimum absolute atomic E-state index is 0.195. The van der Waals surface area contributed by atoms with E-state index in [0.29, 0.717) is 24.0 Å². The van der Waals surface area contributed by atoms with Crippen molar-refractivity contribution in [2.75, 3.05) is 0 Å². The van der Waals surface area contributed by atoms with Crippen LogP contribution in [-0.4, -0.2) is 51.1 Å². The lowest BCUT2D eigenvalue weighted by Crippen LogP contribution is -2.43. The SMILES string of the molecule is Cc1cc(C)cc(-c2ccc(C(=O)N[C@@H]3CCC[C@@H]3C(=O)NO)cc2)c1.Cc1ccccc1-c1ccc(C(=O)N[C@@H]2CCC[C@@H]2C(=O)NO)cn1. The van der Waals surface area contributed by atoms with Gasteiger partial charge in [-0.15, -0.1) is 0 Å². The van der Waals surface area contributed by atoms with E-state index in [-0.39, 0.29) is 29.8 Å². The van der Waals surface area contributed by atoms with Gasteiger partial charge in [-0.1, -0.05) is 78.6 Å². The highest BCUT2D eigenvalue weighted by atomic mass is 16.5. The molecule has 11 heteroatoms. The first kappa shape index (κ1) is 36.9. The van der Waals surface area contributed by atoms with Crippen LogP contribution in [0.2, 0.25) is 0 Å². The van der Waals surface area contributed by atoms with Gasteiger partial charge in [0, 0.05) is 29.4 Å². The number of nitrogens with zero attached hydrogens (tertiary/aromatic N) is 1. The van der Waals surface area contributed by atoms with E-state index in [2.05, 4.69) is 47.7 Å². The van der Waals surface area contributed by atoms with Crippen LogP contribution in [0.5, 0.6) is 0 Å². The Morgan fingerprint density at radius 2 is 1.16 bits per heavy atom. The second-order valence-corrected chi connectivity index (χ2v) is 13.4. The van der Waals surface area contributed by atoms with Crippen molar-refractivity contribution in [3.63, 3.8) is 0 Å². The van der Waals surface area contributed by atoms with Crippen LogP contribution in [0.4, 0.5) is 0 Å². The van der Waals surface area contributed by atoms with Crippen LogP contribution in [0, 0.1) is 32.6 Å². The predicted octanol–water partition coefficient (Wildman–Crippen LogP) is 5.84. The molecule has 266 valence electrons. The van der Waals surface area contributed by atoms with E-state index < -0.39 is 17.7 Å². The summed E-state index contributed by atoms with van der Waals surface area (Å²) in [5.74, 6) is -2.11. The maximum Gasteiger partial charge on any atom is 0.253 e. The molecule has 6 rings (SSSR count). The van der Waals surface area contributed by atoms with Crippen LogP contribution in [0.15, 0.2) is 85.1 Å². The van der Waals surface area contributed by atoms with Crippen molar-refractivity contribution in [2.24, 2.45) is 11.8 Å². The summed E-state index contributed by atoms with van der Waals surface area (Å²) >= 11 is 0. The number of aromatic nitrogens is 1.